The lowest BCUT2D eigenvalue weighted by Gasteiger charge is -2.09. The monoisotopic (exact) mass is 281 g/mol. The van der Waals surface area contributed by atoms with Crippen molar-refractivity contribution in [2.45, 2.75) is 11.8 Å². The minimum Gasteiger partial charge on any atom is -0.398 e. The van der Waals surface area contributed by atoms with E-state index in [2.05, 4.69) is 9.71 Å². The highest BCUT2D eigenvalue weighted by Crippen LogP contribution is 2.20. The molecule has 0 unspecified atom stereocenters. The van der Waals surface area contributed by atoms with Gasteiger partial charge in [-0.05, 0) is 30.7 Å². The van der Waals surface area contributed by atoms with E-state index in [0.717, 1.165) is 24.0 Å². The van der Waals surface area contributed by atoms with Gasteiger partial charge in [0.15, 0.2) is 0 Å². The number of pyridine rings is 1. The fourth-order valence-electron chi connectivity index (χ4n) is 1.46. The van der Waals surface area contributed by atoms with Gasteiger partial charge in [0.25, 0.3) is 10.0 Å². The zero-order valence-electron chi connectivity index (χ0n) is 10.1. The first-order valence-corrected chi connectivity index (χ1v) is 6.86. The summed E-state index contributed by atoms with van der Waals surface area (Å²) in [6.07, 6.45) is 2.01. The lowest BCUT2D eigenvalue weighted by Crippen LogP contribution is -2.13. The number of anilines is 2. The molecular weight excluding hydrogens is 269 g/mol. The summed E-state index contributed by atoms with van der Waals surface area (Å²) in [5.74, 6) is -0.716. The van der Waals surface area contributed by atoms with Crippen molar-refractivity contribution in [3.8, 4) is 0 Å². The first-order valence-electron chi connectivity index (χ1n) is 5.38. The Morgan fingerprint density at radius 1 is 1.26 bits per heavy atom. The van der Waals surface area contributed by atoms with Crippen LogP contribution >= 0.6 is 0 Å². The van der Waals surface area contributed by atoms with Crippen LogP contribution in [0.15, 0.2) is 41.6 Å². The van der Waals surface area contributed by atoms with E-state index in [1.165, 1.54) is 6.07 Å². The lowest BCUT2D eigenvalue weighted by molar-refractivity contribution is 0.592. The van der Waals surface area contributed by atoms with Gasteiger partial charge in [-0.2, -0.15) is 0 Å². The highest BCUT2D eigenvalue weighted by molar-refractivity contribution is 7.92. The summed E-state index contributed by atoms with van der Waals surface area (Å²) >= 11 is 0. The van der Waals surface area contributed by atoms with Gasteiger partial charge in [0.1, 0.15) is 10.7 Å². The molecule has 1 aromatic carbocycles. The molecular formula is C12H12FN3O2S. The van der Waals surface area contributed by atoms with E-state index in [4.69, 9.17) is 5.73 Å². The molecule has 19 heavy (non-hydrogen) atoms. The summed E-state index contributed by atoms with van der Waals surface area (Å²) in [4.78, 5) is 3.26. The number of rotatable bonds is 3. The number of hydrogen-bond acceptors (Lipinski definition) is 4. The number of nitrogens with two attached hydrogens (primary N) is 1. The van der Waals surface area contributed by atoms with E-state index in [0.29, 0.717) is 11.4 Å². The normalized spacial score (nSPS) is 11.3. The van der Waals surface area contributed by atoms with E-state index < -0.39 is 15.8 Å². The number of nitrogens with zero attached hydrogens (tertiary/aromatic N) is 1. The van der Waals surface area contributed by atoms with Gasteiger partial charge < -0.3 is 5.73 Å². The lowest BCUT2D eigenvalue weighted by atomic mass is 10.2. The van der Waals surface area contributed by atoms with Crippen LogP contribution in [0.4, 0.5) is 15.8 Å². The Bertz CT molecular complexity index is 717. The number of hydrogen-bond donors (Lipinski definition) is 2. The summed E-state index contributed by atoms with van der Waals surface area (Å²) in [7, 11) is -3.87. The Morgan fingerprint density at radius 2 is 2.00 bits per heavy atom. The molecule has 0 radical (unpaired) electrons. The number of nitrogen functional groups attached to an aromatic ring is 1. The molecule has 0 saturated heterocycles. The van der Waals surface area contributed by atoms with Gasteiger partial charge in [0.2, 0.25) is 0 Å². The second-order valence-corrected chi connectivity index (χ2v) is 5.70. The molecule has 3 N–H and O–H groups in total. The van der Waals surface area contributed by atoms with Crippen molar-refractivity contribution in [1.82, 2.24) is 4.98 Å². The van der Waals surface area contributed by atoms with Crippen LogP contribution in [-0.2, 0) is 10.0 Å². The van der Waals surface area contributed by atoms with Crippen LogP contribution in [0.3, 0.4) is 0 Å². The van der Waals surface area contributed by atoms with Crippen LogP contribution in [0.5, 0.6) is 0 Å². The zero-order valence-corrected chi connectivity index (χ0v) is 10.9. The third kappa shape index (κ3) is 3.00. The fraction of sp³-hybridized carbons (Fsp3) is 0.0833. The molecule has 7 heteroatoms. The maximum atomic E-state index is 13.0. The molecule has 1 aromatic heterocycles. The highest BCUT2D eigenvalue weighted by Gasteiger charge is 2.15. The van der Waals surface area contributed by atoms with Gasteiger partial charge in [-0.25, -0.2) is 12.8 Å². The summed E-state index contributed by atoms with van der Waals surface area (Å²) in [5.41, 5.74) is 7.32. The van der Waals surface area contributed by atoms with Gasteiger partial charge in [-0.3, -0.25) is 9.71 Å². The standard InChI is InChI=1S/C12H12FN3O2S/c1-8-2-3-10(5-12(8)14)16-19(17,18)11-4-9(13)6-15-7-11/h2-7,16H,14H2,1H3. The number of aryl methyl sites for hydroxylation is 1. The molecule has 100 valence electrons. The highest BCUT2D eigenvalue weighted by atomic mass is 32.2. The molecule has 0 saturated carbocycles. The molecule has 5 nitrogen and oxygen atoms in total. The molecule has 1 heterocycles. The summed E-state index contributed by atoms with van der Waals surface area (Å²) in [6, 6.07) is 5.67. The van der Waals surface area contributed by atoms with Gasteiger partial charge in [0, 0.05) is 11.9 Å². The average molecular weight is 281 g/mol. The number of benzene rings is 1. The molecule has 0 atom stereocenters. The number of sulfonamides is 1. The maximum absolute atomic E-state index is 13.0. The van der Waals surface area contributed by atoms with E-state index in [9.17, 15) is 12.8 Å². The summed E-state index contributed by atoms with van der Waals surface area (Å²) < 4.78 is 39.3. The number of halogens is 1. The molecule has 0 bridgehead atoms. The van der Waals surface area contributed by atoms with Gasteiger partial charge in [0.05, 0.1) is 11.9 Å². The smallest absolute Gasteiger partial charge is 0.263 e. The maximum Gasteiger partial charge on any atom is 0.263 e. The Kier molecular flexibility index (Phi) is 3.39. The SMILES string of the molecule is Cc1ccc(NS(=O)(=O)c2cncc(F)c2)cc1N. The minimum absolute atomic E-state index is 0.244. The molecule has 0 aliphatic heterocycles. The largest absolute Gasteiger partial charge is 0.398 e. The fourth-order valence-corrected chi connectivity index (χ4v) is 2.48. The molecule has 0 aliphatic carbocycles. The van der Waals surface area contributed by atoms with Crippen LogP contribution < -0.4 is 10.5 Å². The van der Waals surface area contributed by atoms with Crippen LogP contribution in [0, 0.1) is 12.7 Å². The number of nitrogens with one attached hydrogen (secondary N) is 1. The molecule has 0 aliphatic rings. The second-order valence-electron chi connectivity index (χ2n) is 4.02. The van der Waals surface area contributed by atoms with Crippen molar-refractivity contribution in [1.29, 1.82) is 0 Å². The van der Waals surface area contributed by atoms with Crippen molar-refractivity contribution in [3.63, 3.8) is 0 Å². The molecule has 0 spiro atoms. The summed E-state index contributed by atoms with van der Waals surface area (Å²) in [5, 5.41) is 0. The summed E-state index contributed by atoms with van der Waals surface area (Å²) in [6.45, 7) is 1.81. The third-order valence-corrected chi connectivity index (χ3v) is 3.87. The third-order valence-electron chi connectivity index (χ3n) is 2.52. The van der Waals surface area contributed by atoms with Crippen molar-refractivity contribution in [3.05, 3.63) is 48.0 Å². The predicted molar refractivity (Wildman–Crippen MR) is 70.6 cm³/mol. The van der Waals surface area contributed by atoms with Crippen LogP contribution in [0.25, 0.3) is 0 Å². The van der Waals surface area contributed by atoms with E-state index in [1.807, 2.05) is 6.92 Å². The van der Waals surface area contributed by atoms with Crippen LogP contribution in [0.2, 0.25) is 0 Å². The Morgan fingerprint density at radius 3 is 2.63 bits per heavy atom. The minimum atomic E-state index is -3.87. The van der Waals surface area contributed by atoms with E-state index >= 15 is 0 Å². The van der Waals surface area contributed by atoms with E-state index in [-0.39, 0.29) is 4.90 Å². The van der Waals surface area contributed by atoms with Crippen molar-refractivity contribution in [2.75, 3.05) is 10.5 Å². The average Bonchev–Trinajstić information content (AvgIpc) is 2.33. The quantitative estimate of drug-likeness (QED) is 0.842. The van der Waals surface area contributed by atoms with Crippen molar-refractivity contribution < 1.29 is 12.8 Å². The Hall–Kier alpha value is -2.15. The number of aromatic nitrogens is 1. The topological polar surface area (TPSA) is 85.1 Å². The Labute approximate surface area is 110 Å². The zero-order chi connectivity index (χ0) is 14.0. The molecule has 2 rings (SSSR count). The van der Waals surface area contributed by atoms with E-state index in [1.54, 1.807) is 12.1 Å². The molecule has 0 fully saturated rings. The first kappa shape index (κ1) is 13.3. The predicted octanol–water partition coefficient (Wildman–Crippen LogP) is 1.91. The van der Waals surface area contributed by atoms with Crippen LogP contribution in [0.1, 0.15) is 5.56 Å². The van der Waals surface area contributed by atoms with Crippen molar-refractivity contribution in [2.24, 2.45) is 0 Å². The van der Waals surface area contributed by atoms with Crippen molar-refractivity contribution >= 4 is 21.4 Å². The van der Waals surface area contributed by atoms with Crippen LogP contribution in [-0.4, -0.2) is 13.4 Å². The molecule has 2 aromatic rings. The van der Waals surface area contributed by atoms with Gasteiger partial charge >= 0.3 is 0 Å². The molecule has 0 amide bonds. The van der Waals surface area contributed by atoms with Gasteiger partial charge in [-0.1, -0.05) is 6.07 Å². The second kappa shape index (κ2) is 4.85. The first-order chi connectivity index (χ1) is 8.88. The Balaban J connectivity index is 2.33. The van der Waals surface area contributed by atoms with Gasteiger partial charge in [-0.15, -0.1) is 0 Å².